The predicted molar refractivity (Wildman–Crippen MR) is 123 cm³/mol. The third-order valence-corrected chi connectivity index (χ3v) is 7.35. The maximum absolute atomic E-state index is 13.1. The fourth-order valence-electron chi connectivity index (χ4n) is 3.88. The molecule has 2 aromatic carbocycles. The first-order valence-corrected chi connectivity index (χ1v) is 11.8. The lowest BCUT2D eigenvalue weighted by atomic mass is 9.98. The zero-order valence-electron chi connectivity index (χ0n) is 17.6. The molecule has 0 spiro atoms. The third-order valence-electron chi connectivity index (χ3n) is 5.47. The van der Waals surface area contributed by atoms with Crippen LogP contribution in [0.2, 0.25) is 0 Å². The molecule has 1 aromatic heterocycles. The SMILES string of the molecule is CC(=O)Nc1ccc(S(=O)(=O)N2CCCC(C(=O)Nc3cccc4ncccc34)C2)cc1. The molecule has 1 unspecified atom stereocenters. The zero-order chi connectivity index (χ0) is 22.7. The summed E-state index contributed by atoms with van der Waals surface area (Å²) in [6, 6.07) is 15.2. The van der Waals surface area contributed by atoms with Gasteiger partial charge in [-0.2, -0.15) is 4.31 Å². The monoisotopic (exact) mass is 452 g/mol. The number of carbonyl (C=O) groups is 2. The van der Waals surface area contributed by atoms with Gasteiger partial charge in [-0.25, -0.2) is 8.42 Å². The van der Waals surface area contributed by atoms with Crippen molar-refractivity contribution in [2.45, 2.75) is 24.7 Å². The first-order chi connectivity index (χ1) is 15.3. The second-order valence-electron chi connectivity index (χ2n) is 7.77. The largest absolute Gasteiger partial charge is 0.326 e. The van der Waals surface area contributed by atoms with Crippen LogP contribution in [-0.2, 0) is 19.6 Å². The standard InChI is InChI=1S/C23H24N4O4S/c1-16(28)25-18-9-11-19(12-10-18)32(30,31)27-14-4-5-17(15-27)23(29)26-22-8-2-7-21-20(22)6-3-13-24-21/h2-3,6-13,17H,4-5,14-15H2,1H3,(H,25,28)(H,26,29). The van der Waals surface area contributed by atoms with E-state index in [1.165, 1.54) is 23.4 Å². The number of anilines is 2. The van der Waals surface area contributed by atoms with Gasteiger partial charge in [-0.15, -0.1) is 0 Å². The Kier molecular flexibility index (Phi) is 6.20. The number of amides is 2. The molecule has 2 heterocycles. The van der Waals surface area contributed by atoms with Gasteiger partial charge in [0.15, 0.2) is 0 Å². The Morgan fingerprint density at radius 1 is 1.03 bits per heavy atom. The van der Waals surface area contributed by atoms with Gasteiger partial charge in [0.25, 0.3) is 0 Å². The molecular formula is C23H24N4O4S. The molecule has 3 aromatic rings. The summed E-state index contributed by atoms with van der Waals surface area (Å²) in [7, 11) is -3.75. The molecule has 1 aliphatic rings. The Morgan fingerprint density at radius 2 is 1.81 bits per heavy atom. The summed E-state index contributed by atoms with van der Waals surface area (Å²) in [4.78, 5) is 28.6. The van der Waals surface area contributed by atoms with Crippen molar-refractivity contribution in [3.63, 3.8) is 0 Å². The van der Waals surface area contributed by atoms with Gasteiger partial charge in [-0.05, 0) is 61.4 Å². The van der Waals surface area contributed by atoms with Crippen LogP contribution < -0.4 is 10.6 Å². The van der Waals surface area contributed by atoms with E-state index in [9.17, 15) is 18.0 Å². The molecule has 166 valence electrons. The maximum atomic E-state index is 13.1. The summed E-state index contributed by atoms with van der Waals surface area (Å²) in [6.45, 7) is 1.86. The summed E-state index contributed by atoms with van der Waals surface area (Å²) in [5.41, 5.74) is 1.96. The van der Waals surface area contributed by atoms with E-state index in [1.54, 1.807) is 18.3 Å². The van der Waals surface area contributed by atoms with Crippen LogP contribution in [0, 0.1) is 5.92 Å². The van der Waals surface area contributed by atoms with E-state index in [4.69, 9.17) is 0 Å². The normalized spacial score (nSPS) is 17.1. The Morgan fingerprint density at radius 3 is 2.56 bits per heavy atom. The van der Waals surface area contributed by atoms with Crippen LogP contribution in [0.15, 0.2) is 65.7 Å². The molecule has 0 radical (unpaired) electrons. The van der Waals surface area contributed by atoms with Crippen molar-refractivity contribution in [3.8, 4) is 0 Å². The fraction of sp³-hybridized carbons (Fsp3) is 0.261. The molecule has 8 nitrogen and oxygen atoms in total. The van der Waals surface area contributed by atoms with Gasteiger partial charge in [0.2, 0.25) is 21.8 Å². The van der Waals surface area contributed by atoms with Crippen molar-refractivity contribution >= 4 is 44.1 Å². The molecule has 0 bridgehead atoms. The van der Waals surface area contributed by atoms with Crippen LogP contribution in [0.25, 0.3) is 10.9 Å². The minimum Gasteiger partial charge on any atom is -0.326 e. The van der Waals surface area contributed by atoms with E-state index in [1.807, 2.05) is 30.3 Å². The Bertz CT molecular complexity index is 1250. The van der Waals surface area contributed by atoms with Crippen LogP contribution in [-0.4, -0.2) is 42.6 Å². The number of hydrogen-bond acceptors (Lipinski definition) is 5. The van der Waals surface area contributed by atoms with Crippen LogP contribution in [0.1, 0.15) is 19.8 Å². The number of carbonyl (C=O) groups excluding carboxylic acids is 2. The highest BCUT2D eigenvalue weighted by atomic mass is 32.2. The molecule has 1 saturated heterocycles. The number of pyridine rings is 1. The number of nitrogens with one attached hydrogen (secondary N) is 2. The van der Waals surface area contributed by atoms with E-state index < -0.39 is 15.9 Å². The third kappa shape index (κ3) is 4.63. The molecule has 1 fully saturated rings. The van der Waals surface area contributed by atoms with Crippen LogP contribution in [0.4, 0.5) is 11.4 Å². The zero-order valence-corrected chi connectivity index (χ0v) is 18.4. The second-order valence-corrected chi connectivity index (χ2v) is 9.71. The quantitative estimate of drug-likeness (QED) is 0.618. The summed E-state index contributed by atoms with van der Waals surface area (Å²) in [5.74, 6) is -0.890. The van der Waals surface area contributed by atoms with Crippen molar-refractivity contribution in [2.75, 3.05) is 23.7 Å². The average molecular weight is 453 g/mol. The summed E-state index contributed by atoms with van der Waals surface area (Å²) < 4.78 is 27.6. The van der Waals surface area contributed by atoms with Crippen LogP contribution in [0.3, 0.4) is 0 Å². The van der Waals surface area contributed by atoms with Crippen molar-refractivity contribution in [3.05, 3.63) is 60.8 Å². The topological polar surface area (TPSA) is 108 Å². The molecular weight excluding hydrogens is 428 g/mol. The number of nitrogens with zero attached hydrogens (tertiary/aromatic N) is 2. The number of aromatic nitrogens is 1. The number of sulfonamides is 1. The van der Waals surface area contributed by atoms with Gasteiger partial charge in [0.05, 0.1) is 22.0 Å². The van der Waals surface area contributed by atoms with E-state index in [2.05, 4.69) is 15.6 Å². The molecule has 2 N–H and O–H groups in total. The minimum absolute atomic E-state index is 0.116. The minimum atomic E-state index is -3.75. The molecule has 0 aliphatic carbocycles. The lowest BCUT2D eigenvalue weighted by molar-refractivity contribution is -0.121. The molecule has 9 heteroatoms. The highest BCUT2D eigenvalue weighted by Gasteiger charge is 2.33. The van der Waals surface area contributed by atoms with E-state index >= 15 is 0 Å². The molecule has 2 amide bonds. The number of piperidine rings is 1. The highest BCUT2D eigenvalue weighted by Crippen LogP contribution is 2.27. The van der Waals surface area contributed by atoms with Crippen molar-refractivity contribution in [2.24, 2.45) is 5.92 Å². The number of rotatable bonds is 5. The average Bonchev–Trinajstić information content (AvgIpc) is 2.79. The Balaban J connectivity index is 1.48. The summed E-state index contributed by atoms with van der Waals surface area (Å²) in [6.07, 6.45) is 2.90. The van der Waals surface area contributed by atoms with Crippen molar-refractivity contribution in [1.29, 1.82) is 0 Å². The molecule has 1 aliphatic heterocycles. The van der Waals surface area contributed by atoms with Gasteiger partial charge < -0.3 is 10.6 Å². The lowest BCUT2D eigenvalue weighted by Gasteiger charge is -2.31. The Hall–Kier alpha value is -3.30. The fourth-order valence-corrected chi connectivity index (χ4v) is 5.41. The van der Waals surface area contributed by atoms with E-state index in [-0.39, 0.29) is 23.3 Å². The number of hydrogen-bond donors (Lipinski definition) is 2. The Labute approximate surface area is 186 Å². The summed E-state index contributed by atoms with van der Waals surface area (Å²) in [5, 5.41) is 6.40. The smallest absolute Gasteiger partial charge is 0.243 e. The molecule has 4 rings (SSSR count). The number of benzene rings is 2. The van der Waals surface area contributed by atoms with Gasteiger partial charge >= 0.3 is 0 Å². The molecule has 0 saturated carbocycles. The van der Waals surface area contributed by atoms with Gasteiger partial charge in [0, 0.05) is 37.3 Å². The van der Waals surface area contributed by atoms with Gasteiger partial charge in [-0.3, -0.25) is 14.6 Å². The van der Waals surface area contributed by atoms with Crippen LogP contribution >= 0.6 is 0 Å². The van der Waals surface area contributed by atoms with Gasteiger partial charge in [-0.1, -0.05) is 6.07 Å². The van der Waals surface area contributed by atoms with Crippen LogP contribution in [0.5, 0.6) is 0 Å². The van der Waals surface area contributed by atoms with E-state index in [0.29, 0.717) is 30.8 Å². The van der Waals surface area contributed by atoms with E-state index in [0.717, 1.165) is 10.9 Å². The highest BCUT2D eigenvalue weighted by molar-refractivity contribution is 7.89. The summed E-state index contributed by atoms with van der Waals surface area (Å²) >= 11 is 0. The van der Waals surface area contributed by atoms with Crippen molar-refractivity contribution in [1.82, 2.24) is 9.29 Å². The first kappa shape index (κ1) is 21.9. The second kappa shape index (κ2) is 9.05. The van der Waals surface area contributed by atoms with Crippen molar-refractivity contribution < 1.29 is 18.0 Å². The number of fused-ring (bicyclic) bond motifs is 1. The lowest BCUT2D eigenvalue weighted by Crippen LogP contribution is -2.43. The first-order valence-electron chi connectivity index (χ1n) is 10.4. The molecule has 32 heavy (non-hydrogen) atoms. The van der Waals surface area contributed by atoms with Gasteiger partial charge in [0.1, 0.15) is 0 Å². The maximum Gasteiger partial charge on any atom is 0.243 e. The predicted octanol–water partition coefficient (Wildman–Crippen LogP) is 3.23. The molecule has 1 atom stereocenters.